The van der Waals surface area contributed by atoms with E-state index in [1.807, 2.05) is 18.9 Å². The molecule has 1 amide bonds. The number of hydrogen-bond acceptors (Lipinski definition) is 3. The van der Waals surface area contributed by atoms with Gasteiger partial charge >= 0.3 is 0 Å². The van der Waals surface area contributed by atoms with Crippen molar-refractivity contribution in [2.75, 3.05) is 33.4 Å². The Morgan fingerprint density at radius 3 is 2.74 bits per heavy atom. The third-order valence-corrected chi connectivity index (χ3v) is 4.06. The normalized spacial score (nSPS) is 26.6. The van der Waals surface area contributed by atoms with Crippen LogP contribution in [0.5, 0.6) is 0 Å². The van der Waals surface area contributed by atoms with Crippen molar-refractivity contribution in [3.63, 3.8) is 0 Å². The Bertz CT molecular complexity index is 289. The van der Waals surface area contributed by atoms with Gasteiger partial charge in [0, 0.05) is 20.2 Å². The Labute approximate surface area is 122 Å². The van der Waals surface area contributed by atoms with Gasteiger partial charge in [-0.3, -0.25) is 4.79 Å². The molecule has 0 radical (unpaired) electrons. The number of nitrogens with zero attached hydrogens (tertiary/aromatic N) is 1. The van der Waals surface area contributed by atoms with Crippen LogP contribution in [0.3, 0.4) is 0 Å². The van der Waals surface area contributed by atoms with Crippen LogP contribution in [0.4, 0.5) is 0 Å². The zero-order valence-electron chi connectivity index (χ0n) is 12.1. The molecule has 112 valence electrons. The average Bonchev–Trinajstić information content (AvgIpc) is 3.18. The van der Waals surface area contributed by atoms with Crippen LogP contribution in [0.2, 0.25) is 0 Å². The first-order chi connectivity index (χ1) is 8.62. The number of carbonyl (C=O) groups excluding carboxylic acids is 1. The minimum absolute atomic E-state index is 0. The number of ether oxygens (including phenoxy) is 1. The van der Waals surface area contributed by atoms with E-state index >= 15 is 0 Å². The lowest BCUT2D eigenvalue weighted by atomic mass is 9.89. The molecular weight excluding hydrogens is 264 g/mol. The van der Waals surface area contributed by atoms with Gasteiger partial charge in [-0.2, -0.15) is 0 Å². The van der Waals surface area contributed by atoms with Crippen molar-refractivity contribution in [1.82, 2.24) is 10.2 Å². The summed E-state index contributed by atoms with van der Waals surface area (Å²) in [7, 11) is 1.88. The second-order valence-electron chi connectivity index (χ2n) is 5.96. The second-order valence-corrected chi connectivity index (χ2v) is 5.96. The molecule has 0 bridgehead atoms. The number of halogens is 1. The molecule has 0 aromatic heterocycles. The average molecular weight is 291 g/mol. The fourth-order valence-corrected chi connectivity index (χ4v) is 2.50. The lowest BCUT2D eigenvalue weighted by Gasteiger charge is -2.36. The van der Waals surface area contributed by atoms with Crippen LogP contribution >= 0.6 is 12.4 Å². The lowest BCUT2D eigenvalue weighted by molar-refractivity contribution is -0.138. The molecule has 0 aromatic rings. The Kier molecular flexibility index (Phi) is 6.57. The van der Waals surface area contributed by atoms with Crippen LogP contribution < -0.4 is 5.32 Å². The number of piperidine rings is 1. The van der Waals surface area contributed by atoms with Gasteiger partial charge in [-0.15, -0.1) is 12.4 Å². The molecule has 1 aliphatic carbocycles. The minimum Gasteiger partial charge on any atom is -0.379 e. The molecular formula is C14H27ClN2O2. The maximum atomic E-state index is 12.4. The van der Waals surface area contributed by atoms with E-state index in [0.717, 1.165) is 31.9 Å². The summed E-state index contributed by atoms with van der Waals surface area (Å²) in [5, 5.41) is 3.36. The Hall–Kier alpha value is -0.320. The van der Waals surface area contributed by atoms with Crippen molar-refractivity contribution < 1.29 is 9.53 Å². The zero-order valence-corrected chi connectivity index (χ0v) is 12.9. The van der Waals surface area contributed by atoms with Crippen LogP contribution in [0.25, 0.3) is 0 Å². The van der Waals surface area contributed by atoms with Crippen LogP contribution in [0.15, 0.2) is 0 Å². The molecule has 1 N–H and O–H groups in total. The van der Waals surface area contributed by atoms with Crippen LogP contribution in [-0.4, -0.2) is 49.7 Å². The molecule has 2 aliphatic rings. The molecule has 2 fully saturated rings. The lowest BCUT2D eigenvalue weighted by Crippen LogP contribution is -2.57. The molecule has 1 saturated heterocycles. The summed E-state index contributed by atoms with van der Waals surface area (Å²) in [6.07, 6.45) is 5.89. The molecule has 5 heteroatoms. The fraction of sp³-hybridized carbons (Fsp3) is 0.929. The summed E-state index contributed by atoms with van der Waals surface area (Å²) in [4.78, 5) is 14.2. The summed E-state index contributed by atoms with van der Waals surface area (Å²) in [6, 6.07) is 0. The molecule has 0 spiro atoms. The third kappa shape index (κ3) is 4.93. The van der Waals surface area contributed by atoms with E-state index in [1.54, 1.807) is 0 Å². The van der Waals surface area contributed by atoms with E-state index in [9.17, 15) is 4.79 Å². The summed E-state index contributed by atoms with van der Waals surface area (Å²) in [5.41, 5.74) is -0.358. The Balaban J connectivity index is 0.00000180. The van der Waals surface area contributed by atoms with Crippen molar-refractivity contribution in [3.8, 4) is 0 Å². The monoisotopic (exact) mass is 290 g/mol. The standard InChI is InChI=1S/C14H26N2O2.ClH/c1-14(7-3-4-8-15-14)13(17)16(2)9-10-18-11-12-5-6-12;/h12,15H,3-11H2,1-2H3;1H. The molecule has 1 saturated carbocycles. The van der Waals surface area contributed by atoms with Crippen molar-refractivity contribution in [2.24, 2.45) is 5.92 Å². The molecule has 1 atom stereocenters. The van der Waals surface area contributed by atoms with Crippen LogP contribution in [0, 0.1) is 5.92 Å². The highest BCUT2D eigenvalue weighted by Crippen LogP contribution is 2.28. The number of amides is 1. The van der Waals surface area contributed by atoms with Gasteiger partial charge in [0.05, 0.1) is 12.1 Å². The van der Waals surface area contributed by atoms with E-state index in [4.69, 9.17) is 4.74 Å². The smallest absolute Gasteiger partial charge is 0.242 e. The number of nitrogens with one attached hydrogen (secondary N) is 1. The molecule has 1 heterocycles. The van der Waals surface area contributed by atoms with Gasteiger partial charge in [-0.25, -0.2) is 0 Å². The number of carbonyl (C=O) groups is 1. The number of likely N-dealkylation sites (N-methyl/N-ethyl adjacent to an activating group) is 1. The van der Waals surface area contributed by atoms with Crippen LogP contribution in [-0.2, 0) is 9.53 Å². The fourth-order valence-electron chi connectivity index (χ4n) is 2.50. The SMILES string of the molecule is CN(CCOCC1CC1)C(=O)C1(C)CCCCN1.Cl. The summed E-state index contributed by atoms with van der Waals surface area (Å²) >= 11 is 0. The van der Waals surface area contributed by atoms with Crippen molar-refractivity contribution in [2.45, 2.75) is 44.6 Å². The topological polar surface area (TPSA) is 41.6 Å². The van der Waals surface area contributed by atoms with Gasteiger partial charge in [0.2, 0.25) is 5.91 Å². The first-order valence-electron chi connectivity index (χ1n) is 7.20. The summed E-state index contributed by atoms with van der Waals surface area (Å²) in [5.74, 6) is 1.00. The van der Waals surface area contributed by atoms with Crippen molar-refractivity contribution >= 4 is 18.3 Å². The first-order valence-corrected chi connectivity index (χ1v) is 7.20. The number of hydrogen-bond donors (Lipinski definition) is 1. The van der Waals surface area contributed by atoms with Gasteiger partial charge in [-0.1, -0.05) is 0 Å². The van der Waals surface area contributed by atoms with E-state index in [2.05, 4.69) is 5.32 Å². The molecule has 2 rings (SSSR count). The maximum Gasteiger partial charge on any atom is 0.242 e. The summed E-state index contributed by atoms with van der Waals surface area (Å²) < 4.78 is 5.58. The van der Waals surface area contributed by atoms with Gasteiger partial charge in [0.25, 0.3) is 0 Å². The molecule has 4 nitrogen and oxygen atoms in total. The second kappa shape index (κ2) is 7.46. The zero-order chi connectivity index (χ0) is 13.0. The highest BCUT2D eigenvalue weighted by molar-refractivity contribution is 5.86. The summed E-state index contributed by atoms with van der Waals surface area (Å²) in [6.45, 7) is 5.21. The van der Waals surface area contributed by atoms with Gasteiger partial charge in [-0.05, 0) is 51.5 Å². The van der Waals surface area contributed by atoms with Crippen LogP contribution in [0.1, 0.15) is 39.0 Å². The Morgan fingerprint density at radius 1 is 1.42 bits per heavy atom. The van der Waals surface area contributed by atoms with E-state index < -0.39 is 0 Å². The highest BCUT2D eigenvalue weighted by Gasteiger charge is 2.36. The van der Waals surface area contributed by atoms with Gasteiger partial charge < -0.3 is 15.0 Å². The van der Waals surface area contributed by atoms with Crippen molar-refractivity contribution in [1.29, 1.82) is 0 Å². The van der Waals surface area contributed by atoms with Gasteiger partial charge in [0.1, 0.15) is 0 Å². The highest BCUT2D eigenvalue weighted by atomic mass is 35.5. The molecule has 1 unspecified atom stereocenters. The number of rotatable bonds is 6. The minimum atomic E-state index is -0.358. The Morgan fingerprint density at radius 2 is 2.16 bits per heavy atom. The van der Waals surface area contributed by atoms with E-state index in [1.165, 1.54) is 19.3 Å². The predicted octanol–water partition coefficient (Wildman–Crippen LogP) is 1.83. The third-order valence-electron chi connectivity index (χ3n) is 4.06. The van der Waals surface area contributed by atoms with Gasteiger partial charge in [0.15, 0.2) is 0 Å². The van der Waals surface area contributed by atoms with E-state index in [0.29, 0.717) is 13.2 Å². The van der Waals surface area contributed by atoms with E-state index in [-0.39, 0.29) is 23.9 Å². The maximum absolute atomic E-state index is 12.4. The molecule has 1 aliphatic heterocycles. The molecule has 19 heavy (non-hydrogen) atoms. The largest absolute Gasteiger partial charge is 0.379 e. The quantitative estimate of drug-likeness (QED) is 0.759. The van der Waals surface area contributed by atoms with Crippen molar-refractivity contribution in [3.05, 3.63) is 0 Å². The predicted molar refractivity (Wildman–Crippen MR) is 78.7 cm³/mol. The molecule has 0 aromatic carbocycles. The first kappa shape index (κ1) is 16.7.